The third-order valence-electron chi connectivity index (χ3n) is 6.18. The van der Waals surface area contributed by atoms with Gasteiger partial charge in [0.25, 0.3) is 0 Å². The number of benzene rings is 2. The quantitative estimate of drug-likeness (QED) is 0.732. The van der Waals surface area contributed by atoms with E-state index in [9.17, 15) is 0 Å². The highest BCUT2D eigenvalue weighted by atomic mass is 35.5. The fraction of sp³-hybridized carbons (Fsp3) is 0.455. The molecule has 1 saturated heterocycles. The average molecular weight is 393 g/mol. The maximum absolute atomic E-state index is 2.75. The Labute approximate surface area is 170 Å². The first-order valence-electron chi connectivity index (χ1n) is 9.18. The Morgan fingerprint density at radius 1 is 0.962 bits per heavy atom. The maximum atomic E-state index is 2.75. The standard InChI is InChI=1S/C22H28N2.2ClH/c1-17-8-10-19(11-9-17)22-16-20(23(2)3)13-15-24(22)14-12-18-6-4-5-7-21(18)22;;/h4-11,20H,12-16H2,1-3H3;2*1H. The first-order valence-corrected chi connectivity index (χ1v) is 9.18. The van der Waals surface area contributed by atoms with Gasteiger partial charge in [0.1, 0.15) is 0 Å². The fourth-order valence-corrected chi connectivity index (χ4v) is 4.77. The maximum Gasteiger partial charge on any atom is 0.0733 e. The topological polar surface area (TPSA) is 6.48 Å². The lowest BCUT2D eigenvalue weighted by molar-refractivity contribution is 0.0245. The van der Waals surface area contributed by atoms with Crippen LogP contribution in [0.25, 0.3) is 0 Å². The van der Waals surface area contributed by atoms with Crippen LogP contribution >= 0.6 is 24.8 Å². The normalized spacial score (nSPS) is 24.8. The number of hydrogen-bond donors (Lipinski definition) is 0. The molecule has 2 aliphatic heterocycles. The molecule has 2 heterocycles. The summed E-state index contributed by atoms with van der Waals surface area (Å²) in [6, 6.07) is 19.0. The molecule has 2 unspecified atom stereocenters. The molecule has 2 atom stereocenters. The van der Waals surface area contributed by atoms with Crippen LogP contribution in [0.3, 0.4) is 0 Å². The number of fused-ring (bicyclic) bond motifs is 3. The van der Waals surface area contributed by atoms with Gasteiger partial charge in [0, 0.05) is 19.1 Å². The van der Waals surface area contributed by atoms with Crippen molar-refractivity contribution in [1.29, 1.82) is 0 Å². The van der Waals surface area contributed by atoms with Crippen LogP contribution < -0.4 is 0 Å². The summed E-state index contributed by atoms with van der Waals surface area (Å²) in [6.45, 7) is 4.54. The van der Waals surface area contributed by atoms with Crippen molar-refractivity contribution in [2.24, 2.45) is 0 Å². The number of piperidine rings is 1. The summed E-state index contributed by atoms with van der Waals surface area (Å²) in [5.74, 6) is 0. The van der Waals surface area contributed by atoms with Gasteiger partial charge in [0.2, 0.25) is 0 Å². The Kier molecular flexibility index (Phi) is 6.79. The van der Waals surface area contributed by atoms with Crippen LogP contribution in [0.1, 0.15) is 35.1 Å². The Bertz CT molecular complexity index is 729. The predicted octanol–water partition coefficient (Wildman–Crippen LogP) is 4.66. The monoisotopic (exact) mass is 392 g/mol. The number of nitrogens with zero attached hydrogens (tertiary/aromatic N) is 2. The van der Waals surface area contributed by atoms with Crippen molar-refractivity contribution < 1.29 is 0 Å². The van der Waals surface area contributed by atoms with E-state index in [4.69, 9.17) is 0 Å². The van der Waals surface area contributed by atoms with Crippen LogP contribution in [-0.4, -0.2) is 43.0 Å². The van der Waals surface area contributed by atoms with Gasteiger partial charge in [0.05, 0.1) is 5.54 Å². The molecule has 1 fully saturated rings. The molecule has 0 N–H and O–H groups in total. The van der Waals surface area contributed by atoms with Crippen LogP contribution in [0.4, 0.5) is 0 Å². The smallest absolute Gasteiger partial charge is 0.0733 e. The highest BCUT2D eigenvalue weighted by molar-refractivity contribution is 5.85. The van der Waals surface area contributed by atoms with Crippen molar-refractivity contribution in [3.63, 3.8) is 0 Å². The molecule has 4 heteroatoms. The number of hydrogen-bond acceptors (Lipinski definition) is 2. The second kappa shape index (κ2) is 8.31. The number of halogens is 2. The lowest BCUT2D eigenvalue weighted by Gasteiger charge is -2.54. The average Bonchev–Trinajstić information content (AvgIpc) is 2.61. The van der Waals surface area contributed by atoms with Gasteiger partial charge < -0.3 is 4.90 Å². The van der Waals surface area contributed by atoms with Gasteiger partial charge in [-0.15, -0.1) is 24.8 Å². The molecule has 2 nitrogen and oxygen atoms in total. The highest BCUT2D eigenvalue weighted by Crippen LogP contribution is 2.47. The minimum Gasteiger partial charge on any atom is -0.306 e. The molecule has 2 aromatic carbocycles. The van der Waals surface area contributed by atoms with Crippen molar-refractivity contribution in [3.05, 3.63) is 70.8 Å². The highest BCUT2D eigenvalue weighted by Gasteiger charge is 2.48. The molecule has 0 aromatic heterocycles. The van der Waals surface area contributed by atoms with Gasteiger partial charge in [-0.25, -0.2) is 0 Å². The lowest BCUT2D eigenvalue weighted by atomic mass is 9.69. The van der Waals surface area contributed by atoms with E-state index in [-0.39, 0.29) is 30.4 Å². The molecule has 0 amide bonds. The van der Waals surface area contributed by atoms with E-state index in [1.54, 1.807) is 0 Å². The number of aryl methyl sites for hydroxylation is 1. The molecule has 142 valence electrons. The molecule has 4 rings (SSSR count). The second-order valence-corrected chi connectivity index (χ2v) is 7.73. The van der Waals surface area contributed by atoms with Gasteiger partial charge in [-0.3, -0.25) is 4.90 Å². The third-order valence-corrected chi connectivity index (χ3v) is 6.18. The molecule has 0 bridgehead atoms. The van der Waals surface area contributed by atoms with Crippen molar-refractivity contribution in [3.8, 4) is 0 Å². The minimum absolute atomic E-state index is 0. The molecular weight excluding hydrogens is 363 g/mol. The van der Waals surface area contributed by atoms with Crippen LogP contribution in [0.15, 0.2) is 48.5 Å². The van der Waals surface area contributed by atoms with E-state index in [1.807, 2.05) is 0 Å². The van der Waals surface area contributed by atoms with Crippen molar-refractivity contribution in [1.82, 2.24) is 9.80 Å². The molecule has 0 radical (unpaired) electrons. The van der Waals surface area contributed by atoms with E-state index in [2.05, 4.69) is 79.3 Å². The molecule has 2 aromatic rings. The van der Waals surface area contributed by atoms with E-state index in [1.165, 1.54) is 54.6 Å². The fourth-order valence-electron chi connectivity index (χ4n) is 4.77. The van der Waals surface area contributed by atoms with E-state index in [0.717, 1.165) is 0 Å². The SMILES string of the molecule is Cc1ccc(C23CC(N(C)C)CCN2CCc2ccccc23)cc1.Cl.Cl. The summed E-state index contributed by atoms with van der Waals surface area (Å²) in [7, 11) is 4.47. The zero-order valence-corrected chi connectivity index (χ0v) is 17.6. The van der Waals surface area contributed by atoms with Crippen LogP contribution in [-0.2, 0) is 12.0 Å². The van der Waals surface area contributed by atoms with Crippen molar-refractivity contribution >= 4 is 24.8 Å². The van der Waals surface area contributed by atoms with Gasteiger partial charge >= 0.3 is 0 Å². The summed E-state index contributed by atoms with van der Waals surface area (Å²) < 4.78 is 0. The number of rotatable bonds is 2. The first kappa shape index (κ1) is 21.2. The largest absolute Gasteiger partial charge is 0.306 e. The Morgan fingerprint density at radius 3 is 2.35 bits per heavy atom. The van der Waals surface area contributed by atoms with Gasteiger partial charge in [-0.05, 0) is 57.0 Å². The summed E-state index contributed by atoms with van der Waals surface area (Å²) in [5, 5.41) is 0. The molecule has 26 heavy (non-hydrogen) atoms. The second-order valence-electron chi connectivity index (χ2n) is 7.73. The van der Waals surface area contributed by atoms with Crippen LogP contribution in [0.2, 0.25) is 0 Å². The molecule has 0 aliphatic carbocycles. The summed E-state index contributed by atoms with van der Waals surface area (Å²) in [5.41, 5.74) is 5.91. The van der Waals surface area contributed by atoms with E-state index >= 15 is 0 Å². The van der Waals surface area contributed by atoms with Crippen molar-refractivity contribution in [2.75, 3.05) is 27.2 Å². The summed E-state index contributed by atoms with van der Waals surface area (Å²) in [4.78, 5) is 5.17. The zero-order chi connectivity index (χ0) is 16.7. The predicted molar refractivity (Wildman–Crippen MR) is 115 cm³/mol. The molecular formula is C22H30Cl2N2. The first-order chi connectivity index (χ1) is 11.6. The Morgan fingerprint density at radius 2 is 1.65 bits per heavy atom. The molecule has 2 aliphatic rings. The van der Waals surface area contributed by atoms with Crippen LogP contribution in [0, 0.1) is 6.92 Å². The van der Waals surface area contributed by atoms with E-state index in [0.29, 0.717) is 6.04 Å². The summed E-state index contributed by atoms with van der Waals surface area (Å²) >= 11 is 0. The van der Waals surface area contributed by atoms with Gasteiger partial charge in [0.15, 0.2) is 0 Å². The van der Waals surface area contributed by atoms with E-state index < -0.39 is 0 Å². The molecule has 0 saturated carbocycles. The lowest BCUT2D eigenvalue weighted by Crippen LogP contribution is -2.58. The van der Waals surface area contributed by atoms with Crippen molar-refractivity contribution in [2.45, 2.75) is 37.8 Å². The third kappa shape index (κ3) is 3.41. The summed E-state index contributed by atoms with van der Waals surface area (Å²) in [6.07, 6.45) is 3.62. The molecule has 0 spiro atoms. The minimum atomic E-state index is 0. The Balaban J connectivity index is 0.00000121. The Hall–Kier alpha value is -1.06. The zero-order valence-electron chi connectivity index (χ0n) is 15.9. The van der Waals surface area contributed by atoms with Crippen LogP contribution in [0.5, 0.6) is 0 Å². The van der Waals surface area contributed by atoms with Gasteiger partial charge in [-0.2, -0.15) is 0 Å². The van der Waals surface area contributed by atoms with Gasteiger partial charge in [-0.1, -0.05) is 54.1 Å².